The second-order valence-corrected chi connectivity index (χ2v) is 4.88. The summed E-state index contributed by atoms with van der Waals surface area (Å²) in [6, 6.07) is 3.79. The molecule has 0 bridgehead atoms. The first-order valence-corrected chi connectivity index (χ1v) is 6.34. The van der Waals surface area contributed by atoms with Crippen molar-refractivity contribution < 1.29 is 9.53 Å². The van der Waals surface area contributed by atoms with Crippen molar-refractivity contribution in [3.05, 3.63) is 23.3 Å². The first-order valence-electron chi connectivity index (χ1n) is 6.34. The molecular formula is C14H20N2O2. The maximum Gasteiger partial charge on any atom is 0.229 e. The van der Waals surface area contributed by atoms with Gasteiger partial charge >= 0.3 is 0 Å². The minimum Gasteiger partial charge on any atom is -0.397 e. The number of carbonyl (C=O) groups is 1. The van der Waals surface area contributed by atoms with Gasteiger partial charge in [-0.05, 0) is 43.9 Å². The van der Waals surface area contributed by atoms with Crippen molar-refractivity contribution in [1.29, 1.82) is 0 Å². The number of nitrogens with one attached hydrogen (secondary N) is 1. The number of nitrogen functional groups attached to an aromatic ring is 1. The topological polar surface area (TPSA) is 64.3 Å². The molecule has 1 unspecified atom stereocenters. The zero-order valence-corrected chi connectivity index (χ0v) is 11.0. The molecule has 1 aromatic rings. The molecule has 0 aromatic heterocycles. The molecule has 1 heterocycles. The smallest absolute Gasteiger partial charge is 0.229 e. The lowest BCUT2D eigenvalue weighted by Crippen LogP contribution is -2.30. The molecule has 0 spiro atoms. The zero-order valence-electron chi connectivity index (χ0n) is 11.0. The molecule has 4 nitrogen and oxygen atoms in total. The van der Waals surface area contributed by atoms with Gasteiger partial charge in [-0.2, -0.15) is 0 Å². The number of aryl methyl sites for hydroxylation is 1. The molecule has 1 saturated heterocycles. The van der Waals surface area contributed by atoms with Crippen LogP contribution in [0.1, 0.15) is 24.0 Å². The summed E-state index contributed by atoms with van der Waals surface area (Å²) in [5.74, 6) is -0.0480. The Morgan fingerprint density at radius 2 is 2.22 bits per heavy atom. The quantitative estimate of drug-likeness (QED) is 0.789. The predicted molar refractivity (Wildman–Crippen MR) is 72.5 cm³/mol. The highest BCUT2D eigenvalue weighted by Gasteiger charge is 2.22. The van der Waals surface area contributed by atoms with Crippen molar-refractivity contribution in [3.8, 4) is 0 Å². The van der Waals surface area contributed by atoms with E-state index >= 15 is 0 Å². The van der Waals surface area contributed by atoms with E-state index in [0.29, 0.717) is 12.3 Å². The van der Waals surface area contributed by atoms with Crippen molar-refractivity contribution in [2.45, 2.75) is 26.7 Å². The largest absolute Gasteiger partial charge is 0.397 e. The molecule has 0 saturated carbocycles. The lowest BCUT2D eigenvalue weighted by atomic mass is 10.0. The Balaban J connectivity index is 2.13. The van der Waals surface area contributed by atoms with E-state index in [2.05, 4.69) is 5.32 Å². The minimum absolute atomic E-state index is 0.00935. The van der Waals surface area contributed by atoms with E-state index in [1.807, 2.05) is 26.0 Å². The highest BCUT2D eigenvalue weighted by molar-refractivity contribution is 5.96. The lowest BCUT2D eigenvalue weighted by molar-refractivity contribution is -0.123. The van der Waals surface area contributed by atoms with E-state index in [1.165, 1.54) is 0 Å². The third-order valence-corrected chi connectivity index (χ3v) is 3.55. The van der Waals surface area contributed by atoms with Crippen LogP contribution >= 0.6 is 0 Å². The number of nitrogens with two attached hydrogens (primary N) is 1. The second kappa shape index (κ2) is 5.40. The number of amides is 1. The molecule has 1 aliphatic rings. The fourth-order valence-corrected chi connectivity index (χ4v) is 2.18. The minimum atomic E-state index is -0.0573. The Morgan fingerprint density at radius 1 is 1.44 bits per heavy atom. The average molecular weight is 248 g/mol. The summed E-state index contributed by atoms with van der Waals surface area (Å²) < 4.78 is 5.33. The second-order valence-electron chi connectivity index (χ2n) is 4.88. The summed E-state index contributed by atoms with van der Waals surface area (Å²) >= 11 is 0. The van der Waals surface area contributed by atoms with Crippen LogP contribution in [-0.4, -0.2) is 19.1 Å². The Bertz CT molecular complexity index is 451. The van der Waals surface area contributed by atoms with Crippen molar-refractivity contribution in [3.63, 3.8) is 0 Å². The maximum atomic E-state index is 12.1. The van der Waals surface area contributed by atoms with Gasteiger partial charge in [-0.1, -0.05) is 6.07 Å². The summed E-state index contributed by atoms with van der Waals surface area (Å²) in [6.07, 6.45) is 1.83. The molecule has 0 radical (unpaired) electrons. The number of ether oxygens (including phenoxy) is 1. The first kappa shape index (κ1) is 12.9. The standard InChI is InChI=1S/C14H20N2O2/c1-9-5-6-12(15)13(10(9)2)16-14(17)11-4-3-7-18-8-11/h5-6,11H,3-4,7-8,15H2,1-2H3,(H,16,17). The summed E-state index contributed by atoms with van der Waals surface area (Å²) in [6.45, 7) is 5.25. The summed E-state index contributed by atoms with van der Waals surface area (Å²) in [5.41, 5.74) is 9.43. The monoisotopic (exact) mass is 248 g/mol. The van der Waals surface area contributed by atoms with Crippen LogP contribution in [0.15, 0.2) is 12.1 Å². The molecule has 4 heteroatoms. The van der Waals surface area contributed by atoms with Crippen LogP contribution in [0.2, 0.25) is 0 Å². The highest BCUT2D eigenvalue weighted by Crippen LogP contribution is 2.27. The van der Waals surface area contributed by atoms with Crippen LogP contribution in [0.3, 0.4) is 0 Å². The van der Waals surface area contributed by atoms with Crippen LogP contribution in [0.5, 0.6) is 0 Å². The number of rotatable bonds is 2. The Labute approximate surface area is 108 Å². The van der Waals surface area contributed by atoms with E-state index in [-0.39, 0.29) is 11.8 Å². The molecule has 98 valence electrons. The zero-order chi connectivity index (χ0) is 13.1. The summed E-state index contributed by atoms with van der Waals surface area (Å²) in [5, 5.41) is 2.95. The molecule has 1 aliphatic heterocycles. The van der Waals surface area contributed by atoms with E-state index in [0.717, 1.165) is 36.3 Å². The van der Waals surface area contributed by atoms with E-state index < -0.39 is 0 Å². The van der Waals surface area contributed by atoms with Gasteiger partial charge in [0.25, 0.3) is 0 Å². The molecule has 1 atom stereocenters. The molecule has 18 heavy (non-hydrogen) atoms. The number of hydrogen-bond donors (Lipinski definition) is 2. The van der Waals surface area contributed by atoms with E-state index in [4.69, 9.17) is 10.5 Å². The SMILES string of the molecule is Cc1ccc(N)c(NC(=O)C2CCCOC2)c1C. The first-order chi connectivity index (χ1) is 8.59. The van der Waals surface area contributed by atoms with Crippen molar-refractivity contribution in [1.82, 2.24) is 0 Å². The Hall–Kier alpha value is -1.55. The third-order valence-electron chi connectivity index (χ3n) is 3.55. The van der Waals surface area contributed by atoms with E-state index in [1.54, 1.807) is 0 Å². The van der Waals surface area contributed by atoms with Gasteiger partial charge in [-0.15, -0.1) is 0 Å². The van der Waals surface area contributed by atoms with Crippen molar-refractivity contribution in [2.75, 3.05) is 24.3 Å². The van der Waals surface area contributed by atoms with Gasteiger partial charge in [0.2, 0.25) is 5.91 Å². The fraction of sp³-hybridized carbons (Fsp3) is 0.500. The number of hydrogen-bond acceptors (Lipinski definition) is 3. The molecule has 1 fully saturated rings. The number of anilines is 2. The van der Waals surface area contributed by atoms with Gasteiger partial charge in [-0.25, -0.2) is 0 Å². The summed E-state index contributed by atoms with van der Waals surface area (Å²) in [4.78, 5) is 12.1. The maximum absolute atomic E-state index is 12.1. The molecule has 1 aromatic carbocycles. The number of benzene rings is 1. The normalized spacial score (nSPS) is 19.6. The Kier molecular flexibility index (Phi) is 3.87. The molecular weight excluding hydrogens is 228 g/mol. The fourth-order valence-electron chi connectivity index (χ4n) is 2.18. The molecule has 0 aliphatic carbocycles. The van der Waals surface area contributed by atoms with Gasteiger partial charge in [0, 0.05) is 6.61 Å². The summed E-state index contributed by atoms with van der Waals surface area (Å²) in [7, 11) is 0. The van der Waals surface area contributed by atoms with Crippen LogP contribution in [0.4, 0.5) is 11.4 Å². The molecule has 3 N–H and O–H groups in total. The predicted octanol–water partition coefficient (Wildman–Crippen LogP) is 2.25. The van der Waals surface area contributed by atoms with Gasteiger partial charge in [0.15, 0.2) is 0 Å². The van der Waals surface area contributed by atoms with Gasteiger partial charge < -0.3 is 15.8 Å². The average Bonchev–Trinajstić information content (AvgIpc) is 2.40. The lowest BCUT2D eigenvalue weighted by Gasteiger charge is -2.22. The number of carbonyl (C=O) groups excluding carboxylic acids is 1. The van der Waals surface area contributed by atoms with Gasteiger partial charge in [-0.3, -0.25) is 4.79 Å². The van der Waals surface area contributed by atoms with Gasteiger partial charge in [0.1, 0.15) is 0 Å². The van der Waals surface area contributed by atoms with Crippen LogP contribution in [0.25, 0.3) is 0 Å². The Morgan fingerprint density at radius 3 is 2.89 bits per heavy atom. The highest BCUT2D eigenvalue weighted by atomic mass is 16.5. The van der Waals surface area contributed by atoms with Crippen LogP contribution < -0.4 is 11.1 Å². The van der Waals surface area contributed by atoms with Crippen molar-refractivity contribution in [2.24, 2.45) is 5.92 Å². The molecule has 1 amide bonds. The third kappa shape index (κ3) is 2.64. The van der Waals surface area contributed by atoms with Crippen LogP contribution in [0, 0.1) is 19.8 Å². The van der Waals surface area contributed by atoms with Crippen LogP contribution in [-0.2, 0) is 9.53 Å². The van der Waals surface area contributed by atoms with Crippen molar-refractivity contribution >= 4 is 17.3 Å². The van der Waals surface area contributed by atoms with Gasteiger partial charge in [0.05, 0.1) is 23.9 Å². The molecule has 2 rings (SSSR count). The van der Waals surface area contributed by atoms with E-state index in [9.17, 15) is 4.79 Å².